The molecule has 3 rings (SSSR count). The molecule has 0 radical (unpaired) electrons. The van der Waals surface area contributed by atoms with E-state index in [1.165, 1.54) is 14.2 Å². The van der Waals surface area contributed by atoms with E-state index < -0.39 is 18.1 Å². The molecule has 0 bridgehead atoms. The monoisotopic (exact) mass is 371 g/mol. The Balaban J connectivity index is 1.78. The SMILES string of the molecule is COc1ccc([C@H](CC(=O)O)NC(=O)[C@H]2Cc3ccccc3O2)cc1OC. The highest BCUT2D eigenvalue weighted by atomic mass is 16.5. The van der Waals surface area contributed by atoms with Crippen molar-refractivity contribution in [2.75, 3.05) is 14.2 Å². The summed E-state index contributed by atoms with van der Waals surface area (Å²) in [6.45, 7) is 0. The van der Waals surface area contributed by atoms with Crippen molar-refractivity contribution >= 4 is 11.9 Å². The largest absolute Gasteiger partial charge is 0.493 e. The Morgan fingerprint density at radius 2 is 1.93 bits per heavy atom. The fourth-order valence-electron chi connectivity index (χ4n) is 3.09. The molecule has 0 fully saturated rings. The lowest BCUT2D eigenvalue weighted by atomic mass is 10.0. The molecule has 1 amide bonds. The van der Waals surface area contributed by atoms with Crippen LogP contribution in [0.3, 0.4) is 0 Å². The van der Waals surface area contributed by atoms with Gasteiger partial charge in [0.1, 0.15) is 5.75 Å². The maximum absolute atomic E-state index is 12.7. The number of carboxylic acid groups (broad SMARTS) is 1. The summed E-state index contributed by atoms with van der Waals surface area (Å²) in [6.07, 6.45) is -0.493. The number of carbonyl (C=O) groups is 2. The van der Waals surface area contributed by atoms with Crippen LogP contribution < -0.4 is 19.5 Å². The predicted octanol–water partition coefficient (Wildman–Crippen LogP) is 2.34. The molecule has 0 spiro atoms. The van der Waals surface area contributed by atoms with Crippen LogP contribution in [0.2, 0.25) is 0 Å². The number of ether oxygens (including phenoxy) is 3. The molecule has 2 aromatic carbocycles. The van der Waals surface area contributed by atoms with Crippen LogP contribution in [-0.4, -0.2) is 37.3 Å². The molecule has 7 nitrogen and oxygen atoms in total. The topological polar surface area (TPSA) is 94.1 Å². The van der Waals surface area contributed by atoms with Gasteiger partial charge < -0.3 is 24.6 Å². The number of hydrogen-bond donors (Lipinski definition) is 2. The summed E-state index contributed by atoms with van der Waals surface area (Å²) < 4.78 is 16.2. The van der Waals surface area contributed by atoms with Crippen molar-refractivity contribution in [2.45, 2.75) is 25.0 Å². The minimum absolute atomic E-state index is 0.263. The van der Waals surface area contributed by atoms with Gasteiger partial charge in [-0.25, -0.2) is 0 Å². The van der Waals surface area contributed by atoms with Gasteiger partial charge in [-0.2, -0.15) is 0 Å². The smallest absolute Gasteiger partial charge is 0.305 e. The molecule has 0 aliphatic carbocycles. The van der Waals surface area contributed by atoms with Crippen molar-refractivity contribution in [3.05, 3.63) is 53.6 Å². The zero-order valence-electron chi connectivity index (χ0n) is 15.1. The lowest BCUT2D eigenvalue weighted by Gasteiger charge is -2.21. The summed E-state index contributed by atoms with van der Waals surface area (Å²) in [6, 6.07) is 11.8. The number of carbonyl (C=O) groups excluding carboxylic acids is 1. The molecular formula is C20H21NO6. The fourth-order valence-corrected chi connectivity index (χ4v) is 3.09. The normalized spacial score (nSPS) is 16.0. The molecule has 0 saturated heterocycles. The van der Waals surface area contributed by atoms with Gasteiger partial charge in [0, 0.05) is 6.42 Å². The number of benzene rings is 2. The first-order valence-corrected chi connectivity index (χ1v) is 8.50. The Kier molecular flexibility index (Phi) is 5.49. The van der Waals surface area contributed by atoms with Gasteiger partial charge in [-0.05, 0) is 29.3 Å². The van der Waals surface area contributed by atoms with E-state index in [9.17, 15) is 14.7 Å². The van der Waals surface area contributed by atoms with E-state index in [0.717, 1.165) is 5.56 Å². The quantitative estimate of drug-likeness (QED) is 0.776. The van der Waals surface area contributed by atoms with Crippen LogP contribution in [0, 0.1) is 0 Å². The van der Waals surface area contributed by atoms with Crippen LogP contribution >= 0.6 is 0 Å². The number of rotatable bonds is 7. The zero-order chi connectivity index (χ0) is 19.4. The Bertz CT molecular complexity index is 825. The van der Waals surface area contributed by atoms with Crippen molar-refractivity contribution < 1.29 is 28.9 Å². The number of methoxy groups -OCH3 is 2. The van der Waals surface area contributed by atoms with Gasteiger partial charge >= 0.3 is 5.97 Å². The third-order valence-corrected chi connectivity index (χ3v) is 4.44. The minimum atomic E-state index is -1.02. The van der Waals surface area contributed by atoms with Gasteiger partial charge in [0.25, 0.3) is 5.91 Å². The van der Waals surface area contributed by atoms with Gasteiger partial charge in [0.15, 0.2) is 17.6 Å². The first kappa shape index (κ1) is 18.6. The van der Waals surface area contributed by atoms with E-state index in [2.05, 4.69) is 5.32 Å². The van der Waals surface area contributed by atoms with E-state index in [-0.39, 0.29) is 12.3 Å². The van der Waals surface area contributed by atoms with Crippen LogP contribution in [0.4, 0.5) is 0 Å². The third-order valence-electron chi connectivity index (χ3n) is 4.44. The Morgan fingerprint density at radius 3 is 2.59 bits per heavy atom. The van der Waals surface area contributed by atoms with Crippen molar-refractivity contribution in [1.82, 2.24) is 5.32 Å². The fraction of sp³-hybridized carbons (Fsp3) is 0.300. The third kappa shape index (κ3) is 4.13. The van der Waals surface area contributed by atoms with E-state index >= 15 is 0 Å². The minimum Gasteiger partial charge on any atom is -0.493 e. The summed E-state index contributed by atoms with van der Waals surface area (Å²) in [5, 5.41) is 12.0. The summed E-state index contributed by atoms with van der Waals surface area (Å²) in [7, 11) is 3.01. The average Bonchev–Trinajstić information content (AvgIpc) is 3.11. The highest BCUT2D eigenvalue weighted by Gasteiger charge is 2.31. The maximum Gasteiger partial charge on any atom is 0.305 e. The Labute approximate surface area is 156 Å². The number of amides is 1. The Morgan fingerprint density at radius 1 is 1.19 bits per heavy atom. The molecule has 27 heavy (non-hydrogen) atoms. The van der Waals surface area contributed by atoms with Crippen LogP contribution in [-0.2, 0) is 16.0 Å². The molecular weight excluding hydrogens is 350 g/mol. The van der Waals surface area contributed by atoms with Gasteiger partial charge in [-0.15, -0.1) is 0 Å². The highest BCUT2D eigenvalue weighted by Crippen LogP contribution is 2.32. The van der Waals surface area contributed by atoms with Crippen LogP contribution in [0.15, 0.2) is 42.5 Å². The number of para-hydroxylation sites is 1. The molecule has 2 aromatic rings. The number of aliphatic carboxylic acids is 1. The summed E-state index contributed by atoms with van der Waals surface area (Å²) in [5.74, 6) is 0.289. The van der Waals surface area contributed by atoms with Gasteiger partial charge in [0.05, 0.1) is 26.7 Å². The summed E-state index contributed by atoms with van der Waals surface area (Å²) >= 11 is 0. The number of hydrogen-bond acceptors (Lipinski definition) is 5. The molecule has 1 aliphatic heterocycles. The molecule has 0 aromatic heterocycles. The summed E-state index contributed by atoms with van der Waals surface area (Å²) in [5.41, 5.74) is 1.57. The first-order valence-electron chi connectivity index (χ1n) is 8.50. The second kappa shape index (κ2) is 7.99. The van der Waals surface area contributed by atoms with Crippen molar-refractivity contribution in [3.8, 4) is 17.2 Å². The standard InChI is InChI=1S/C20H21NO6/c1-25-16-8-7-12(9-17(16)26-2)14(11-19(22)23)21-20(24)18-10-13-5-3-4-6-15(13)27-18/h3-9,14,18H,10-11H2,1-2H3,(H,21,24)(H,22,23)/t14-,18+/m0/s1. The first-order chi connectivity index (χ1) is 13.0. The van der Waals surface area contributed by atoms with Crippen LogP contribution in [0.1, 0.15) is 23.6 Å². The van der Waals surface area contributed by atoms with E-state index in [4.69, 9.17) is 14.2 Å². The van der Waals surface area contributed by atoms with Crippen molar-refractivity contribution in [1.29, 1.82) is 0 Å². The van der Waals surface area contributed by atoms with E-state index in [1.54, 1.807) is 18.2 Å². The van der Waals surface area contributed by atoms with Crippen molar-refractivity contribution in [2.24, 2.45) is 0 Å². The maximum atomic E-state index is 12.7. The molecule has 2 N–H and O–H groups in total. The number of fused-ring (bicyclic) bond motifs is 1. The molecule has 0 unspecified atom stereocenters. The Hall–Kier alpha value is -3.22. The molecule has 2 atom stereocenters. The average molecular weight is 371 g/mol. The lowest BCUT2D eigenvalue weighted by molar-refractivity contribution is -0.138. The van der Waals surface area contributed by atoms with Crippen LogP contribution in [0.5, 0.6) is 17.2 Å². The van der Waals surface area contributed by atoms with Gasteiger partial charge in [-0.1, -0.05) is 24.3 Å². The molecule has 0 saturated carbocycles. The van der Waals surface area contributed by atoms with Gasteiger partial charge in [0.2, 0.25) is 0 Å². The highest BCUT2D eigenvalue weighted by molar-refractivity contribution is 5.83. The lowest BCUT2D eigenvalue weighted by Crippen LogP contribution is -2.40. The zero-order valence-corrected chi connectivity index (χ0v) is 15.1. The second-order valence-electron chi connectivity index (χ2n) is 6.19. The predicted molar refractivity (Wildman–Crippen MR) is 97.2 cm³/mol. The van der Waals surface area contributed by atoms with Crippen molar-refractivity contribution in [3.63, 3.8) is 0 Å². The molecule has 142 valence electrons. The number of carboxylic acids is 1. The van der Waals surface area contributed by atoms with E-state index in [0.29, 0.717) is 29.2 Å². The van der Waals surface area contributed by atoms with E-state index in [1.807, 2.05) is 24.3 Å². The second-order valence-corrected chi connectivity index (χ2v) is 6.19. The molecule has 1 aliphatic rings. The van der Waals surface area contributed by atoms with Crippen LogP contribution in [0.25, 0.3) is 0 Å². The summed E-state index contributed by atoms with van der Waals surface area (Å²) in [4.78, 5) is 24.0. The molecule has 7 heteroatoms. The van der Waals surface area contributed by atoms with Gasteiger partial charge in [-0.3, -0.25) is 9.59 Å². The number of nitrogens with one attached hydrogen (secondary N) is 1. The molecule has 1 heterocycles.